The van der Waals surface area contributed by atoms with Crippen LogP contribution in [0.3, 0.4) is 0 Å². The van der Waals surface area contributed by atoms with Crippen LogP contribution in [0.2, 0.25) is 0 Å². The lowest BCUT2D eigenvalue weighted by atomic mass is 10.0. The second-order valence-corrected chi connectivity index (χ2v) is 6.67. The molecule has 0 saturated carbocycles. The molecule has 25 heavy (non-hydrogen) atoms. The predicted molar refractivity (Wildman–Crippen MR) is 94.8 cm³/mol. The van der Waals surface area contributed by atoms with Crippen LogP contribution in [-0.2, 0) is 22.6 Å². The highest BCUT2D eigenvalue weighted by molar-refractivity contribution is 5.79. The quantitative estimate of drug-likeness (QED) is 0.873. The van der Waals surface area contributed by atoms with E-state index in [1.807, 2.05) is 37.4 Å². The Balaban J connectivity index is 1.62. The van der Waals surface area contributed by atoms with Crippen molar-refractivity contribution in [1.29, 1.82) is 0 Å². The fraction of sp³-hybridized carbons (Fsp3) is 0.421. The zero-order valence-electron chi connectivity index (χ0n) is 14.7. The molecule has 1 aromatic carbocycles. The molecule has 0 aliphatic carbocycles. The van der Waals surface area contributed by atoms with Crippen molar-refractivity contribution in [3.8, 4) is 0 Å². The van der Waals surface area contributed by atoms with Gasteiger partial charge in [-0.05, 0) is 18.9 Å². The van der Waals surface area contributed by atoms with E-state index >= 15 is 0 Å². The summed E-state index contributed by atoms with van der Waals surface area (Å²) in [6.45, 7) is 4.23. The number of hydrogen-bond donors (Lipinski definition) is 2. The van der Waals surface area contributed by atoms with Gasteiger partial charge < -0.3 is 15.2 Å². The van der Waals surface area contributed by atoms with E-state index in [0.29, 0.717) is 0 Å². The normalized spacial score (nSPS) is 17.4. The van der Waals surface area contributed by atoms with E-state index < -0.39 is 0 Å². The van der Waals surface area contributed by atoms with Crippen LogP contribution in [0.5, 0.6) is 0 Å². The molecule has 0 saturated heterocycles. The standard InChI is InChI=1S/C19H24N4O2/c1-13-3-5-15(6-4-13)17(21-14(2)24)11-19(25)22-16-7-8-18-20-9-10-23(18)12-16/h3-6,9-10,16-17H,7-8,11-12H2,1-2H3,(H,21,24)(H,22,25)/t16-,17-/m0/s1. The molecular weight excluding hydrogens is 316 g/mol. The van der Waals surface area contributed by atoms with Gasteiger partial charge in [0.25, 0.3) is 0 Å². The summed E-state index contributed by atoms with van der Waals surface area (Å²) in [6.07, 6.45) is 5.73. The minimum atomic E-state index is -0.314. The van der Waals surface area contributed by atoms with Gasteiger partial charge in [-0.1, -0.05) is 29.8 Å². The number of carbonyl (C=O) groups is 2. The highest BCUT2D eigenvalue weighted by Gasteiger charge is 2.23. The molecule has 3 rings (SSSR count). The van der Waals surface area contributed by atoms with Gasteiger partial charge in [-0.3, -0.25) is 9.59 Å². The Bertz CT molecular complexity index is 751. The van der Waals surface area contributed by atoms with Crippen molar-refractivity contribution in [1.82, 2.24) is 20.2 Å². The summed E-state index contributed by atoms with van der Waals surface area (Å²) < 4.78 is 2.08. The van der Waals surface area contributed by atoms with Gasteiger partial charge in [0, 0.05) is 38.3 Å². The van der Waals surface area contributed by atoms with Crippen molar-refractivity contribution in [2.24, 2.45) is 0 Å². The molecular formula is C19H24N4O2. The molecule has 132 valence electrons. The van der Waals surface area contributed by atoms with Crippen molar-refractivity contribution in [2.75, 3.05) is 0 Å². The minimum Gasteiger partial charge on any atom is -0.351 e. The van der Waals surface area contributed by atoms with Crippen LogP contribution in [0.15, 0.2) is 36.7 Å². The topological polar surface area (TPSA) is 76.0 Å². The van der Waals surface area contributed by atoms with E-state index in [-0.39, 0.29) is 30.3 Å². The van der Waals surface area contributed by atoms with E-state index in [4.69, 9.17) is 0 Å². The Kier molecular flexibility index (Phi) is 5.16. The predicted octanol–water partition coefficient (Wildman–Crippen LogP) is 1.89. The molecule has 6 heteroatoms. The van der Waals surface area contributed by atoms with Crippen LogP contribution in [0, 0.1) is 6.92 Å². The summed E-state index contributed by atoms with van der Waals surface area (Å²) >= 11 is 0. The fourth-order valence-electron chi connectivity index (χ4n) is 3.25. The maximum atomic E-state index is 12.5. The van der Waals surface area contributed by atoms with Crippen molar-refractivity contribution >= 4 is 11.8 Å². The first kappa shape index (κ1) is 17.2. The third kappa shape index (κ3) is 4.47. The Morgan fingerprint density at radius 3 is 2.80 bits per heavy atom. The Hall–Kier alpha value is -2.63. The lowest BCUT2D eigenvalue weighted by Gasteiger charge is -2.26. The number of aromatic nitrogens is 2. The Morgan fingerprint density at radius 1 is 1.32 bits per heavy atom. The van der Waals surface area contributed by atoms with Crippen LogP contribution in [0.1, 0.15) is 42.8 Å². The molecule has 2 amide bonds. The van der Waals surface area contributed by atoms with E-state index in [1.54, 1.807) is 6.20 Å². The van der Waals surface area contributed by atoms with Gasteiger partial charge in [0.15, 0.2) is 0 Å². The van der Waals surface area contributed by atoms with E-state index in [2.05, 4.69) is 20.2 Å². The van der Waals surface area contributed by atoms with Gasteiger partial charge >= 0.3 is 0 Å². The van der Waals surface area contributed by atoms with Gasteiger partial charge in [0.2, 0.25) is 11.8 Å². The zero-order valence-corrected chi connectivity index (χ0v) is 14.7. The van der Waals surface area contributed by atoms with Gasteiger partial charge in [0.05, 0.1) is 12.5 Å². The SMILES string of the molecule is CC(=O)N[C@@H](CC(=O)N[C@H]1CCc2nccn2C1)c1ccc(C)cc1. The summed E-state index contributed by atoms with van der Waals surface area (Å²) in [5.74, 6) is 0.883. The lowest BCUT2D eigenvalue weighted by Crippen LogP contribution is -2.42. The first-order valence-electron chi connectivity index (χ1n) is 8.64. The molecule has 1 aliphatic rings. The lowest BCUT2D eigenvalue weighted by molar-refractivity contribution is -0.123. The van der Waals surface area contributed by atoms with Gasteiger partial charge in [0.1, 0.15) is 5.82 Å². The summed E-state index contributed by atoms with van der Waals surface area (Å²) in [4.78, 5) is 28.3. The first-order chi connectivity index (χ1) is 12.0. The maximum absolute atomic E-state index is 12.5. The highest BCUT2D eigenvalue weighted by Crippen LogP contribution is 2.19. The molecule has 0 unspecified atom stereocenters. The number of hydrogen-bond acceptors (Lipinski definition) is 3. The third-order valence-electron chi connectivity index (χ3n) is 4.55. The van der Waals surface area contributed by atoms with Crippen molar-refractivity contribution in [2.45, 2.75) is 51.7 Å². The number of nitrogens with zero attached hydrogens (tertiary/aromatic N) is 2. The summed E-state index contributed by atoms with van der Waals surface area (Å²) in [5, 5.41) is 5.98. The van der Waals surface area contributed by atoms with Crippen LogP contribution in [0.25, 0.3) is 0 Å². The molecule has 0 radical (unpaired) electrons. The maximum Gasteiger partial charge on any atom is 0.222 e. The average molecular weight is 340 g/mol. The Morgan fingerprint density at radius 2 is 2.08 bits per heavy atom. The smallest absolute Gasteiger partial charge is 0.222 e. The van der Waals surface area contributed by atoms with Gasteiger partial charge in [-0.15, -0.1) is 0 Å². The zero-order chi connectivity index (χ0) is 17.8. The summed E-state index contributed by atoms with van der Waals surface area (Å²) in [7, 11) is 0. The average Bonchev–Trinajstić information content (AvgIpc) is 3.02. The van der Waals surface area contributed by atoms with E-state index in [1.165, 1.54) is 6.92 Å². The largest absolute Gasteiger partial charge is 0.351 e. The van der Waals surface area contributed by atoms with Crippen LogP contribution in [0.4, 0.5) is 0 Å². The first-order valence-corrected chi connectivity index (χ1v) is 8.64. The molecule has 0 bridgehead atoms. The molecule has 0 fully saturated rings. The van der Waals surface area contributed by atoms with Crippen molar-refractivity contribution < 1.29 is 9.59 Å². The number of amides is 2. The van der Waals surface area contributed by atoms with Crippen LogP contribution < -0.4 is 10.6 Å². The summed E-state index contributed by atoms with van der Waals surface area (Å²) in [6, 6.07) is 7.69. The van der Waals surface area contributed by atoms with E-state index in [0.717, 1.165) is 36.3 Å². The van der Waals surface area contributed by atoms with Gasteiger partial charge in [-0.25, -0.2) is 4.98 Å². The molecule has 2 aromatic rings. The molecule has 2 heterocycles. The summed E-state index contributed by atoms with van der Waals surface area (Å²) in [5.41, 5.74) is 2.09. The fourth-order valence-corrected chi connectivity index (χ4v) is 3.25. The van der Waals surface area contributed by atoms with Crippen LogP contribution >= 0.6 is 0 Å². The number of rotatable bonds is 5. The van der Waals surface area contributed by atoms with Crippen LogP contribution in [-0.4, -0.2) is 27.4 Å². The number of carbonyl (C=O) groups excluding carboxylic acids is 2. The number of aryl methyl sites for hydroxylation is 2. The monoisotopic (exact) mass is 340 g/mol. The number of imidazole rings is 1. The molecule has 0 spiro atoms. The molecule has 2 N–H and O–H groups in total. The number of nitrogens with one attached hydrogen (secondary N) is 2. The van der Waals surface area contributed by atoms with Crippen molar-refractivity contribution in [3.63, 3.8) is 0 Å². The molecule has 6 nitrogen and oxygen atoms in total. The molecule has 1 aromatic heterocycles. The molecule has 1 aliphatic heterocycles. The number of fused-ring (bicyclic) bond motifs is 1. The van der Waals surface area contributed by atoms with Gasteiger partial charge in [-0.2, -0.15) is 0 Å². The highest BCUT2D eigenvalue weighted by atomic mass is 16.2. The second-order valence-electron chi connectivity index (χ2n) is 6.67. The Labute approximate surface area is 147 Å². The van der Waals surface area contributed by atoms with Crippen molar-refractivity contribution in [3.05, 3.63) is 53.6 Å². The minimum absolute atomic E-state index is 0.0482. The second kappa shape index (κ2) is 7.51. The number of benzene rings is 1. The molecule has 2 atom stereocenters. The van der Waals surface area contributed by atoms with E-state index in [9.17, 15) is 9.59 Å². The third-order valence-corrected chi connectivity index (χ3v) is 4.55.